The lowest BCUT2D eigenvalue weighted by Crippen LogP contribution is -1.72. The molecule has 0 atom stereocenters. The monoisotopic (exact) mass is 198 g/mol. The first-order chi connectivity index (χ1) is 5.74. The van der Waals surface area contributed by atoms with E-state index in [1.807, 2.05) is 24.3 Å². The average molecular weight is 199 g/mol. The highest BCUT2D eigenvalue weighted by Crippen LogP contribution is 2.22. The van der Waals surface area contributed by atoms with Crippen LogP contribution in [0.15, 0.2) is 36.9 Å². The van der Waals surface area contributed by atoms with Gasteiger partial charge in [0.05, 0.1) is 10.0 Å². The van der Waals surface area contributed by atoms with Crippen molar-refractivity contribution in [3.8, 4) is 0 Å². The third-order valence-corrected chi connectivity index (χ3v) is 2.11. The molecule has 0 nitrogen and oxygen atoms in total. The van der Waals surface area contributed by atoms with Gasteiger partial charge in [-0.3, -0.25) is 0 Å². The predicted octanol–water partition coefficient (Wildman–Crippen LogP) is 4.19. The van der Waals surface area contributed by atoms with E-state index in [-0.39, 0.29) is 0 Å². The molecule has 12 heavy (non-hydrogen) atoms. The molecule has 0 aromatic heterocycles. The van der Waals surface area contributed by atoms with Gasteiger partial charge in [0.25, 0.3) is 0 Å². The lowest BCUT2D eigenvalue weighted by molar-refractivity contribution is 1.65. The molecule has 2 heteroatoms. The Bertz CT molecular complexity index is 314. The van der Waals surface area contributed by atoms with Gasteiger partial charge in [-0.25, -0.2) is 0 Å². The van der Waals surface area contributed by atoms with Gasteiger partial charge in [0.15, 0.2) is 0 Å². The summed E-state index contributed by atoms with van der Waals surface area (Å²) in [6, 6.07) is 5.48. The summed E-state index contributed by atoms with van der Waals surface area (Å²) in [4.78, 5) is 0. The lowest BCUT2D eigenvalue weighted by atomic mass is 10.2. The highest BCUT2D eigenvalue weighted by Gasteiger charge is 1.95. The third kappa shape index (κ3) is 2.40. The van der Waals surface area contributed by atoms with Crippen LogP contribution in [0.1, 0.15) is 5.56 Å². The van der Waals surface area contributed by atoms with Crippen LogP contribution in [0, 0.1) is 0 Å². The summed E-state index contributed by atoms with van der Waals surface area (Å²) in [7, 11) is 0. The van der Waals surface area contributed by atoms with Crippen LogP contribution in [0.5, 0.6) is 0 Å². The Labute approximate surface area is 82.1 Å². The van der Waals surface area contributed by atoms with Crippen molar-refractivity contribution in [2.75, 3.05) is 0 Å². The van der Waals surface area contributed by atoms with E-state index in [9.17, 15) is 0 Å². The minimum absolute atomic E-state index is 0.572. The Hall–Kier alpha value is -0.720. The molecule has 0 heterocycles. The van der Waals surface area contributed by atoms with Crippen molar-refractivity contribution in [2.45, 2.75) is 0 Å². The van der Waals surface area contributed by atoms with Gasteiger partial charge in [-0.05, 0) is 17.7 Å². The number of hydrogen-bond acceptors (Lipinski definition) is 0. The largest absolute Gasteiger partial charge is 0.0991 e. The molecule has 0 aliphatic rings. The molecule has 0 unspecified atom stereocenters. The van der Waals surface area contributed by atoms with Crippen LogP contribution in [-0.2, 0) is 0 Å². The summed E-state index contributed by atoms with van der Waals surface area (Å²) in [5.74, 6) is 0. The van der Waals surface area contributed by atoms with Crippen LogP contribution >= 0.6 is 23.2 Å². The predicted molar refractivity (Wildman–Crippen MR) is 55.7 cm³/mol. The van der Waals surface area contributed by atoms with Crippen molar-refractivity contribution in [1.29, 1.82) is 0 Å². The summed E-state index contributed by atoms with van der Waals surface area (Å²) in [6.07, 6.45) is 5.47. The highest BCUT2D eigenvalue weighted by molar-refractivity contribution is 6.42. The molecule has 0 fully saturated rings. The quantitative estimate of drug-likeness (QED) is 0.626. The van der Waals surface area contributed by atoms with Crippen molar-refractivity contribution in [3.63, 3.8) is 0 Å². The average Bonchev–Trinajstić information content (AvgIpc) is 2.07. The molecule has 0 radical (unpaired) electrons. The van der Waals surface area contributed by atoms with Gasteiger partial charge in [0, 0.05) is 0 Å². The maximum atomic E-state index is 5.80. The molecule has 0 saturated carbocycles. The van der Waals surface area contributed by atoms with Gasteiger partial charge >= 0.3 is 0 Å². The van der Waals surface area contributed by atoms with Crippen LogP contribution in [0.2, 0.25) is 10.0 Å². The zero-order valence-electron chi connectivity index (χ0n) is 6.43. The van der Waals surface area contributed by atoms with Crippen molar-refractivity contribution < 1.29 is 0 Å². The Balaban J connectivity index is 2.96. The smallest absolute Gasteiger partial charge is 0.0598 e. The SMILES string of the molecule is C=C/C=C/c1ccc(Cl)c(Cl)c1. The van der Waals surface area contributed by atoms with Crippen LogP contribution < -0.4 is 0 Å². The number of hydrogen-bond donors (Lipinski definition) is 0. The van der Waals surface area contributed by atoms with Crippen molar-refractivity contribution in [3.05, 3.63) is 52.5 Å². The molecule has 0 amide bonds. The van der Waals surface area contributed by atoms with E-state index in [4.69, 9.17) is 23.2 Å². The minimum Gasteiger partial charge on any atom is -0.0991 e. The van der Waals surface area contributed by atoms with E-state index in [1.165, 1.54) is 0 Å². The standard InChI is InChI=1S/C10H8Cl2/c1-2-3-4-8-5-6-9(11)10(12)7-8/h2-7H,1H2/b4-3+. The fraction of sp³-hybridized carbons (Fsp3) is 0. The first kappa shape index (κ1) is 9.37. The van der Waals surface area contributed by atoms with E-state index in [2.05, 4.69) is 6.58 Å². The fourth-order valence-corrected chi connectivity index (χ4v) is 1.10. The summed E-state index contributed by atoms with van der Waals surface area (Å²) in [5.41, 5.74) is 1.02. The molecule has 0 saturated heterocycles. The number of benzene rings is 1. The van der Waals surface area contributed by atoms with Gasteiger partial charge in [-0.1, -0.05) is 54.1 Å². The van der Waals surface area contributed by atoms with Crippen molar-refractivity contribution >= 4 is 29.3 Å². The Morgan fingerprint density at radius 3 is 2.50 bits per heavy atom. The van der Waals surface area contributed by atoms with Crippen LogP contribution in [0.25, 0.3) is 6.08 Å². The minimum atomic E-state index is 0.572. The Morgan fingerprint density at radius 2 is 1.92 bits per heavy atom. The van der Waals surface area contributed by atoms with Gasteiger partial charge in [-0.15, -0.1) is 0 Å². The first-order valence-corrected chi connectivity index (χ1v) is 4.24. The summed E-state index contributed by atoms with van der Waals surface area (Å²) in [5, 5.41) is 1.15. The van der Waals surface area contributed by atoms with Crippen molar-refractivity contribution in [1.82, 2.24) is 0 Å². The molecule has 0 N–H and O–H groups in total. The zero-order valence-corrected chi connectivity index (χ0v) is 7.94. The van der Waals surface area contributed by atoms with Crippen molar-refractivity contribution in [2.24, 2.45) is 0 Å². The van der Waals surface area contributed by atoms with Crippen LogP contribution in [0.4, 0.5) is 0 Å². The molecule has 1 rings (SSSR count). The summed E-state index contributed by atoms with van der Waals surface area (Å²) < 4.78 is 0. The normalized spacial score (nSPS) is 10.5. The molecule has 0 spiro atoms. The summed E-state index contributed by atoms with van der Waals surface area (Å²) in [6.45, 7) is 3.57. The zero-order chi connectivity index (χ0) is 8.97. The van der Waals surface area contributed by atoms with E-state index >= 15 is 0 Å². The van der Waals surface area contributed by atoms with Gasteiger partial charge < -0.3 is 0 Å². The van der Waals surface area contributed by atoms with E-state index in [0.29, 0.717) is 10.0 Å². The number of halogens is 2. The second-order valence-electron chi connectivity index (χ2n) is 2.27. The Kier molecular flexibility index (Phi) is 3.39. The lowest BCUT2D eigenvalue weighted by Gasteiger charge is -1.96. The number of rotatable bonds is 2. The van der Waals surface area contributed by atoms with Crippen LogP contribution in [-0.4, -0.2) is 0 Å². The van der Waals surface area contributed by atoms with Gasteiger partial charge in [-0.2, -0.15) is 0 Å². The maximum absolute atomic E-state index is 5.80. The first-order valence-electron chi connectivity index (χ1n) is 3.48. The van der Waals surface area contributed by atoms with E-state index in [0.717, 1.165) is 5.56 Å². The second kappa shape index (κ2) is 4.34. The fourth-order valence-electron chi connectivity index (χ4n) is 0.795. The van der Waals surface area contributed by atoms with E-state index < -0.39 is 0 Å². The van der Waals surface area contributed by atoms with Gasteiger partial charge in [0.1, 0.15) is 0 Å². The molecule has 1 aromatic carbocycles. The topological polar surface area (TPSA) is 0 Å². The number of allylic oxidation sites excluding steroid dienone is 2. The molecular formula is C10H8Cl2. The second-order valence-corrected chi connectivity index (χ2v) is 3.08. The summed E-state index contributed by atoms with van der Waals surface area (Å²) >= 11 is 11.5. The third-order valence-electron chi connectivity index (χ3n) is 1.37. The molecule has 0 aliphatic heterocycles. The van der Waals surface area contributed by atoms with Crippen LogP contribution in [0.3, 0.4) is 0 Å². The van der Waals surface area contributed by atoms with Gasteiger partial charge in [0.2, 0.25) is 0 Å². The molecule has 0 aliphatic carbocycles. The molecule has 1 aromatic rings. The highest BCUT2D eigenvalue weighted by atomic mass is 35.5. The molecule has 62 valence electrons. The maximum Gasteiger partial charge on any atom is 0.0598 e. The molecular weight excluding hydrogens is 191 g/mol. The van der Waals surface area contributed by atoms with E-state index in [1.54, 1.807) is 12.1 Å². The molecule has 0 bridgehead atoms. The Morgan fingerprint density at radius 1 is 1.17 bits per heavy atom.